The number of carbonyl (C=O) groups excluding carboxylic acids is 3. The van der Waals surface area contributed by atoms with E-state index in [4.69, 9.17) is 19.6 Å². The highest BCUT2D eigenvalue weighted by Gasteiger charge is 2.40. The molecule has 5 aliphatic rings. The van der Waals surface area contributed by atoms with Gasteiger partial charge in [-0.05, 0) is 119 Å². The minimum atomic E-state index is -0.634. The van der Waals surface area contributed by atoms with Crippen molar-refractivity contribution in [1.29, 1.82) is 10.7 Å². The van der Waals surface area contributed by atoms with Gasteiger partial charge in [-0.25, -0.2) is 0 Å². The highest BCUT2D eigenvalue weighted by Crippen LogP contribution is 2.39. The third kappa shape index (κ3) is 8.65. The van der Waals surface area contributed by atoms with E-state index in [0.717, 1.165) is 99.4 Å². The molecule has 2 N–H and O–H groups in total. The number of nitrogens with one attached hydrogen (secondary N) is 2. The normalized spacial score (nSPS) is 21.2. The minimum Gasteiger partial charge on any atom is -0.493 e. The molecule has 1 aromatic heterocycles. The third-order valence-corrected chi connectivity index (χ3v) is 14.2. The number of imide groups is 1. The van der Waals surface area contributed by atoms with Gasteiger partial charge in [0.15, 0.2) is 11.5 Å². The number of aryl methyl sites for hydroxylation is 1. The number of amidine groups is 1. The van der Waals surface area contributed by atoms with E-state index >= 15 is 0 Å². The first-order chi connectivity index (χ1) is 31.1. The monoisotopic (exact) mass is 869 g/mol. The van der Waals surface area contributed by atoms with Gasteiger partial charge >= 0.3 is 0 Å². The predicted molar refractivity (Wildman–Crippen MR) is 242 cm³/mol. The van der Waals surface area contributed by atoms with Gasteiger partial charge in [-0.15, -0.1) is 0 Å². The number of rotatable bonds is 13. The molecule has 0 spiro atoms. The molecule has 15 heteroatoms. The Morgan fingerprint density at radius 2 is 1.67 bits per heavy atom. The van der Waals surface area contributed by atoms with Crippen molar-refractivity contribution in [3.05, 3.63) is 77.0 Å². The van der Waals surface area contributed by atoms with Crippen LogP contribution in [0.15, 0.2) is 54.6 Å². The molecule has 5 aliphatic heterocycles. The number of piperidine rings is 4. The first-order valence-electron chi connectivity index (χ1n) is 23.0. The summed E-state index contributed by atoms with van der Waals surface area (Å²) in [6.07, 6.45) is 7.55. The van der Waals surface area contributed by atoms with Crippen molar-refractivity contribution in [1.82, 2.24) is 29.8 Å². The molecule has 6 heterocycles. The van der Waals surface area contributed by atoms with Crippen molar-refractivity contribution in [2.24, 2.45) is 13.0 Å². The molecule has 9 rings (SSSR count). The number of fused-ring (bicyclic) bond motifs is 2. The summed E-state index contributed by atoms with van der Waals surface area (Å²) >= 11 is 0. The van der Waals surface area contributed by atoms with Gasteiger partial charge in [0.2, 0.25) is 11.8 Å². The van der Waals surface area contributed by atoms with Gasteiger partial charge in [0, 0.05) is 74.9 Å². The lowest BCUT2D eigenvalue weighted by molar-refractivity contribution is -0.134. The first-order valence-corrected chi connectivity index (χ1v) is 23.0. The molecular formula is C49H59N9O6. The lowest BCUT2D eigenvalue weighted by Crippen LogP contribution is -2.49. The fourth-order valence-corrected chi connectivity index (χ4v) is 10.7. The summed E-state index contributed by atoms with van der Waals surface area (Å²) in [6.45, 7) is 9.63. The van der Waals surface area contributed by atoms with E-state index in [-0.39, 0.29) is 36.1 Å². The van der Waals surface area contributed by atoms with Crippen LogP contribution in [0.25, 0.3) is 10.9 Å². The summed E-state index contributed by atoms with van der Waals surface area (Å²) in [5.74, 6) is 1.57. The maximum Gasteiger partial charge on any atom is 0.260 e. The van der Waals surface area contributed by atoms with Gasteiger partial charge in [-0.2, -0.15) is 10.4 Å². The molecule has 0 bridgehead atoms. The Kier molecular flexibility index (Phi) is 12.6. The zero-order chi connectivity index (χ0) is 44.5. The fourth-order valence-electron chi connectivity index (χ4n) is 10.7. The molecule has 4 fully saturated rings. The van der Waals surface area contributed by atoms with Crippen LogP contribution < -0.4 is 24.4 Å². The topological polar surface area (TPSA) is 169 Å². The number of hydrogen-bond donors (Lipinski definition) is 2. The molecule has 3 amide bonds. The van der Waals surface area contributed by atoms with Gasteiger partial charge in [-0.3, -0.25) is 34.7 Å². The molecule has 4 aromatic rings. The molecule has 3 aromatic carbocycles. The van der Waals surface area contributed by atoms with Crippen LogP contribution in [-0.2, 0) is 16.6 Å². The standard InChI is InChI=1S/C49H59N9O6/c1-4-63-44-27-32(5-11-43(44)62-3)41(13-20-50)58-47(51)37-8-6-34(28-40(37)49(58)61)57-25-16-33(17-26-57)56-23-14-31(15-24-56)30-55-21-18-35(19-22-55)64-36-7-9-38-42(29-36)54(2)53-46(38)39-10-12-45(59)52-48(39)60/h5-9,11,27-29,31,33,35,39,41,51H,4,10,12-19,21-26,30H2,1-3H3,(H,52,59,60)/t39?,41-/m1/s1. The van der Waals surface area contributed by atoms with Gasteiger partial charge in [-0.1, -0.05) is 6.07 Å². The summed E-state index contributed by atoms with van der Waals surface area (Å²) < 4.78 is 19.5. The summed E-state index contributed by atoms with van der Waals surface area (Å²) in [7, 11) is 3.46. The highest BCUT2D eigenvalue weighted by molar-refractivity contribution is 6.23. The summed E-state index contributed by atoms with van der Waals surface area (Å²) in [5.41, 5.74) is 4.46. The molecule has 336 valence electrons. The number of nitrogens with zero attached hydrogens (tertiary/aromatic N) is 7. The van der Waals surface area contributed by atoms with E-state index < -0.39 is 12.0 Å². The lowest BCUT2D eigenvalue weighted by Gasteiger charge is -2.43. The number of hydrogen-bond acceptors (Lipinski definition) is 12. The Bertz CT molecular complexity index is 2460. The lowest BCUT2D eigenvalue weighted by atomic mass is 9.92. The Morgan fingerprint density at radius 3 is 2.39 bits per heavy atom. The number of benzene rings is 3. The van der Waals surface area contributed by atoms with E-state index in [1.807, 2.05) is 62.5 Å². The summed E-state index contributed by atoms with van der Waals surface area (Å²) in [5, 5.41) is 26.9. The smallest absolute Gasteiger partial charge is 0.260 e. The minimum absolute atomic E-state index is 0.0399. The van der Waals surface area contributed by atoms with Crippen molar-refractivity contribution in [3.63, 3.8) is 0 Å². The molecule has 0 radical (unpaired) electrons. The van der Waals surface area contributed by atoms with Crippen molar-refractivity contribution in [2.45, 2.75) is 88.8 Å². The second-order valence-electron chi connectivity index (χ2n) is 18.0. The molecular weight excluding hydrogens is 811 g/mol. The van der Waals surface area contributed by atoms with E-state index in [0.29, 0.717) is 59.7 Å². The van der Waals surface area contributed by atoms with Crippen LogP contribution in [-0.4, -0.2) is 120 Å². The maximum atomic E-state index is 14.0. The number of carbonyl (C=O) groups is 3. The van der Waals surface area contributed by atoms with E-state index in [2.05, 4.69) is 31.2 Å². The highest BCUT2D eigenvalue weighted by atomic mass is 16.5. The average molecular weight is 870 g/mol. The molecule has 4 saturated heterocycles. The number of anilines is 1. The van der Waals surface area contributed by atoms with Crippen LogP contribution in [0.1, 0.15) is 104 Å². The van der Waals surface area contributed by atoms with Crippen LogP contribution in [0, 0.1) is 22.7 Å². The summed E-state index contributed by atoms with van der Waals surface area (Å²) in [4.78, 5) is 47.4. The molecule has 2 atom stereocenters. The Labute approximate surface area is 374 Å². The van der Waals surface area contributed by atoms with Crippen LogP contribution in [0.4, 0.5) is 5.69 Å². The fraction of sp³-hybridized carbons (Fsp3) is 0.510. The van der Waals surface area contributed by atoms with E-state index in [1.54, 1.807) is 17.9 Å². The van der Waals surface area contributed by atoms with Gasteiger partial charge < -0.3 is 28.9 Å². The number of nitriles is 1. The predicted octanol–water partition coefficient (Wildman–Crippen LogP) is 6.16. The molecule has 0 saturated carbocycles. The van der Waals surface area contributed by atoms with Crippen LogP contribution in [0.2, 0.25) is 0 Å². The second-order valence-corrected chi connectivity index (χ2v) is 18.0. The van der Waals surface area contributed by atoms with Crippen molar-refractivity contribution in [2.75, 3.05) is 64.4 Å². The van der Waals surface area contributed by atoms with Crippen molar-refractivity contribution >= 4 is 40.1 Å². The van der Waals surface area contributed by atoms with E-state index in [1.165, 1.54) is 17.7 Å². The Balaban J connectivity index is 0.729. The summed E-state index contributed by atoms with van der Waals surface area (Å²) in [6, 6.07) is 19.5. The molecule has 15 nitrogen and oxygen atoms in total. The average Bonchev–Trinajstić information content (AvgIpc) is 3.76. The van der Waals surface area contributed by atoms with Gasteiger partial charge in [0.05, 0.1) is 54.9 Å². The molecule has 0 aliphatic carbocycles. The molecule has 64 heavy (non-hydrogen) atoms. The van der Waals surface area contributed by atoms with Crippen molar-refractivity contribution in [3.8, 4) is 23.3 Å². The zero-order valence-electron chi connectivity index (χ0n) is 37.2. The van der Waals surface area contributed by atoms with Gasteiger partial charge in [0.25, 0.3) is 5.91 Å². The van der Waals surface area contributed by atoms with Crippen molar-refractivity contribution < 1.29 is 28.6 Å². The Hall–Kier alpha value is -5.98. The first kappa shape index (κ1) is 43.3. The second kappa shape index (κ2) is 18.6. The number of likely N-dealkylation sites (tertiary alicyclic amines) is 2. The number of aromatic nitrogens is 2. The third-order valence-electron chi connectivity index (χ3n) is 14.2. The van der Waals surface area contributed by atoms with Crippen LogP contribution >= 0.6 is 0 Å². The van der Waals surface area contributed by atoms with Crippen LogP contribution in [0.5, 0.6) is 17.2 Å². The maximum absolute atomic E-state index is 14.0. The molecule has 1 unspecified atom stereocenters. The Morgan fingerprint density at radius 1 is 0.891 bits per heavy atom. The SMILES string of the molecule is CCOc1cc([C@@H](CC#N)N2C(=N)c3ccc(N4CCC(N5CCC(CN6CCC(Oc7ccc8c(C9CCC(=O)NC9=O)nn(C)c8c7)CC6)CC5)CC4)cc3C2=O)ccc1OC. The van der Waals surface area contributed by atoms with Crippen LogP contribution in [0.3, 0.4) is 0 Å². The number of amides is 3. The van der Waals surface area contributed by atoms with E-state index in [9.17, 15) is 19.6 Å². The quantitative estimate of drug-likeness (QED) is 0.148. The number of ether oxygens (including phenoxy) is 3. The largest absolute Gasteiger partial charge is 0.493 e. The number of methoxy groups -OCH3 is 1. The zero-order valence-corrected chi connectivity index (χ0v) is 37.2. The van der Waals surface area contributed by atoms with Gasteiger partial charge in [0.1, 0.15) is 17.7 Å².